The number of hydrogen-bond acceptors (Lipinski definition) is 8. The quantitative estimate of drug-likeness (QED) is 0.296. The Morgan fingerprint density at radius 3 is 2.52 bits per heavy atom. The minimum absolute atomic E-state index is 0.0144. The number of aliphatic imine (C=N–C) groups is 1. The van der Waals surface area contributed by atoms with Gasteiger partial charge in [0.05, 0.1) is 25.3 Å². The number of Topliss-reactive ketones (excluding diaryl/α,β-unsaturated/α-hetero) is 2. The number of benzene rings is 2. The van der Waals surface area contributed by atoms with Crippen LogP contribution in [0.5, 0.6) is 0 Å². The van der Waals surface area contributed by atoms with Crippen LogP contribution < -0.4 is 20.3 Å². The number of allylic oxidation sites excluding steroid dienone is 6. The van der Waals surface area contributed by atoms with Crippen molar-refractivity contribution in [3.63, 3.8) is 0 Å². The Bertz CT molecular complexity index is 2160. The van der Waals surface area contributed by atoms with Gasteiger partial charge in [-0.3, -0.25) is 19.4 Å². The molecule has 2 aromatic carbocycles. The molecule has 14 heteroatoms. The number of ketones is 2. The van der Waals surface area contributed by atoms with E-state index in [9.17, 15) is 22.8 Å². The normalized spacial score (nSPS) is 18.1. The summed E-state index contributed by atoms with van der Waals surface area (Å²) in [5.41, 5.74) is 4.12. The molecule has 0 fully saturated rings. The molecule has 1 spiro atoms. The lowest BCUT2D eigenvalue weighted by Gasteiger charge is -2.41. The van der Waals surface area contributed by atoms with Crippen molar-refractivity contribution >= 4 is 81.5 Å². The van der Waals surface area contributed by atoms with Crippen molar-refractivity contribution in [2.45, 2.75) is 24.3 Å². The fraction of sp³-hybridized carbons (Fsp3) is 0.294. The van der Waals surface area contributed by atoms with Gasteiger partial charge in [0.2, 0.25) is 27.5 Å². The minimum atomic E-state index is -3.87. The Kier molecular flexibility index (Phi) is 8.33. The zero-order valence-electron chi connectivity index (χ0n) is 26.2. The lowest BCUT2D eigenvalue weighted by molar-refractivity contribution is -0.121. The number of aromatic nitrogens is 1. The fourth-order valence-corrected chi connectivity index (χ4v) is 9.85. The molecule has 3 N–H and O–H groups in total. The van der Waals surface area contributed by atoms with E-state index in [1.165, 1.54) is 0 Å². The SMILES string of the molecule is CN(C)c1cccc2c(S(=O)(=O)NCCNC(=O)Cn3cc4c5c3C(=O)C3=C(C5=NCC4)C4(C=C(Br)C(=O)C(Br)=C4)CCN3)cccc12. The van der Waals surface area contributed by atoms with Crippen molar-refractivity contribution in [1.82, 2.24) is 19.9 Å². The van der Waals surface area contributed by atoms with Crippen LogP contribution in [0.3, 0.4) is 0 Å². The number of anilines is 1. The van der Waals surface area contributed by atoms with Crippen molar-refractivity contribution in [2.24, 2.45) is 10.4 Å². The summed E-state index contributed by atoms with van der Waals surface area (Å²) in [4.78, 5) is 46.8. The third kappa shape index (κ3) is 5.38. The number of carbonyl (C=O) groups is 3. The molecule has 2 aliphatic carbocycles. The molecule has 11 nitrogen and oxygen atoms in total. The van der Waals surface area contributed by atoms with Crippen molar-refractivity contribution in [3.05, 3.63) is 91.8 Å². The number of carbonyl (C=O) groups excluding carboxylic acids is 3. The molecule has 0 atom stereocenters. The van der Waals surface area contributed by atoms with Crippen LogP contribution in [-0.4, -0.2) is 76.4 Å². The summed E-state index contributed by atoms with van der Waals surface area (Å²) >= 11 is 6.84. The molecule has 0 saturated heterocycles. The summed E-state index contributed by atoms with van der Waals surface area (Å²) in [6.07, 6.45) is 6.83. The number of nitrogens with one attached hydrogen (secondary N) is 3. The molecule has 248 valence electrons. The van der Waals surface area contributed by atoms with E-state index >= 15 is 0 Å². The summed E-state index contributed by atoms with van der Waals surface area (Å²) in [7, 11) is -0.0543. The minimum Gasteiger partial charge on any atom is -0.381 e. The van der Waals surface area contributed by atoms with Gasteiger partial charge in [-0.15, -0.1) is 0 Å². The summed E-state index contributed by atoms with van der Waals surface area (Å²) in [5.74, 6) is -0.750. The molecule has 0 bridgehead atoms. The van der Waals surface area contributed by atoms with Gasteiger partial charge >= 0.3 is 0 Å². The first-order chi connectivity index (χ1) is 22.9. The van der Waals surface area contributed by atoms with E-state index in [1.54, 1.807) is 22.8 Å². The molecule has 0 saturated carbocycles. The van der Waals surface area contributed by atoms with E-state index < -0.39 is 15.4 Å². The lowest BCUT2D eigenvalue weighted by Crippen LogP contribution is -2.45. The van der Waals surface area contributed by atoms with Gasteiger partial charge in [0.25, 0.3) is 0 Å². The average molecular weight is 797 g/mol. The van der Waals surface area contributed by atoms with Gasteiger partial charge < -0.3 is 20.1 Å². The van der Waals surface area contributed by atoms with Crippen LogP contribution in [0, 0.1) is 5.41 Å². The molecule has 2 aliphatic heterocycles. The maximum atomic E-state index is 14.1. The largest absolute Gasteiger partial charge is 0.381 e. The van der Waals surface area contributed by atoms with E-state index in [2.05, 4.69) is 47.2 Å². The number of halogens is 2. The number of rotatable bonds is 8. The highest BCUT2D eigenvalue weighted by Crippen LogP contribution is 2.50. The highest BCUT2D eigenvalue weighted by atomic mass is 79.9. The van der Waals surface area contributed by atoms with Gasteiger partial charge in [0.1, 0.15) is 12.2 Å². The predicted octanol–water partition coefficient (Wildman–Crippen LogP) is 3.72. The summed E-state index contributed by atoms with van der Waals surface area (Å²) in [6, 6.07) is 10.7. The third-order valence-corrected chi connectivity index (χ3v) is 11.9. The van der Waals surface area contributed by atoms with Crippen molar-refractivity contribution in [1.29, 1.82) is 0 Å². The van der Waals surface area contributed by atoms with Crippen LogP contribution in [0.15, 0.2) is 84.9 Å². The first-order valence-electron chi connectivity index (χ1n) is 15.5. The fourth-order valence-electron chi connectivity index (χ4n) is 7.09. The predicted molar refractivity (Wildman–Crippen MR) is 191 cm³/mol. The smallest absolute Gasteiger partial charge is 0.241 e. The highest BCUT2D eigenvalue weighted by molar-refractivity contribution is 9.13. The maximum Gasteiger partial charge on any atom is 0.241 e. The Balaban J connectivity index is 1.08. The zero-order valence-corrected chi connectivity index (χ0v) is 30.2. The van der Waals surface area contributed by atoms with Crippen LogP contribution >= 0.6 is 31.9 Å². The Morgan fingerprint density at radius 1 is 1.04 bits per heavy atom. The number of nitrogens with zero attached hydrogens (tertiary/aromatic N) is 3. The highest BCUT2D eigenvalue weighted by Gasteiger charge is 2.48. The monoisotopic (exact) mass is 794 g/mol. The Labute approximate surface area is 294 Å². The van der Waals surface area contributed by atoms with E-state index in [4.69, 9.17) is 4.99 Å². The molecule has 48 heavy (non-hydrogen) atoms. The second-order valence-corrected chi connectivity index (χ2v) is 15.8. The van der Waals surface area contributed by atoms with Crippen molar-refractivity contribution in [3.8, 4) is 0 Å². The number of fused-ring (bicyclic) bond motifs is 3. The van der Waals surface area contributed by atoms with Crippen LogP contribution in [-0.2, 0) is 32.6 Å². The van der Waals surface area contributed by atoms with Gasteiger partial charge in [-0.25, -0.2) is 13.1 Å². The summed E-state index contributed by atoms with van der Waals surface area (Å²) < 4.78 is 31.7. The topological polar surface area (TPSA) is 142 Å². The van der Waals surface area contributed by atoms with E-state index in [1.807, 2.05) is 55.5 Å². The Hall–Kier alpha value is -3.85. The molecule has 3 heterocycles. The lowest BCUT2D eigenvalue weighted by atomic mass is 9.66. The molecular weight excluding hydrogens is 764 g/mol. The molecular formula is C34H32Br2N6O5S. The van der Waals surface area contributed by atoms with E-state index in [0.717, 1.165) is 27.8 Å². The third-order valence-electron chi connectivity index (χ3n) is 9.17. The standard InChI is InChI=1S/C34H32Br2N6O5S/c1-41(2)24-7-3-6-21-20(24)5-4-8-25(21)48(46,47)40-14-13-37-26(43)18-42-17-19-9-11-38-29-27(19)31(42)33(45)30-28(29)34(10-12-39-30)15-22(35)32(44)23(36)16-34/h3-8,15-17,39-40H,9-14,18H2,1-2H3,(H,37,43). The molecule has 4 aliphatic rings. The first-order valence-corrected chi connectivity index (χ1v) is 18.6. The second kappa shape index (κ2) is 12.2. The average Bonchev–Trinajstić information content (AvgIpc) is 3.42. The molecule has 1 amide bonds. The number of amides is 1. The van der Waals surface area contributed by atoms with Gasteiger partial charge in [0, 0.05) is 79.5 Å². The van der Waals surface area contributed by atoms with Crippen LogP contribution in [0.1, 0.15) is 28.0 Å². The molecule has 7 rings (SSSR count). The zero-order chi connectivity index (χ0) is 34.0. The van der Waals surface area contributed by atoms with Crippen molar-refractivity contribution < 1.29 is 22.8 Å². The second-order valence-electron chi connectivity index (χ2n) is 12.4. The van der Waals surface area contributed by atoms with Crippen LogP contribution in [0.2, 0.25) is 0 Å². The molecule has 0 radical (unpaired) electrons. The van der Waals surface area contributed by atoms with Crippen molar-refractivity contribution in [2.75, 3.05) is 45.2 Å². The van der Waals surface area contributed by atoms with Crippen LogP contribution in [0.25, 0.3) is 10.8 Å². The first kappa shape index (κ1) is 32.7. The number of hydrogen-bond donors (Lipinski definition) is 3. The maximum absolute atomic E-state index is 14.1. The van der Waals surface area contributed by atoms with E-state index in [0.29, 0.717) is 57.4 Å². The summed E-state index contributed by atoms with van der Waals surface area (Å²) in [5, 5.41) is 7.51. The van der Waals surface area contributed by atoms with Gasteiger partial charge in [0.15, 0.2) is 0 Å². The van der Waals surface area contributed by atoms with E-state index in [-0.39, 0.29) is 42.0 Å². The van der Waals surface area contributed by atoms with Crippen LogP contribution in [0.4, 0.5) is 5.69 Å². The molecule has 0 unspecified atom stereocenters. The summed E-state index contributed by atoms with van der Waals surface area (Å²) in [6.45, 7) is 0.961. The van der Waals surface area contributed by atoms with Gasteiger partial charge in [-0.05, 0) is 62.4 Å². The Morgan fingerprint density at radius 2 is 1.77 bits per heavy atom. The molecule has 1 aromatic heterocycles. The number of sulfonamides is 1. The van der Waals surface area contributed by atoms with Gasteiger partial charge in [-0.2, -0.15) is 0 Å². The molecule has 3 aromatic rings. The van der Waals surface area contributed by atoms with Gasteiger partial charge in [-0.1, -0.05) is 36.4 Å².